The zero-order chi connectivity index (χ0) is 25.1. The van der Waals surface area contributed by atoms with Crippen LogP contribution < -0.4 is 10.9 Å². The molecule has 1 aliphatic heterocycles. The molecule has 1 saturated carbocycles. The molecule has 8 heteroatoms. The highest BCUT2D eigenvalue weighted by Crippen LogP contribution is 2.34. The van der Waals surface area contributed by atoms with E-state index in [2.05, 4.69) is 21.3 Å². The number of nitrogens with zero attached hydrogens (tertiary/aromatic N) is 4. The molecule has 5 rings (SSSR count). The molecule has 0 radical (unpaired) electrons. The molecule has 36 heavy (non-hydrogen) atoms. The van der Waals surface area contributed by atoms with Gasteiger partial charge in [-0.3, -0.25) is 23.9 Å². The minimum Gasteiger partial charge on any atom is -0.346 e. The Morgan fingerprint density at radius 2 is 1.94 bits per heavy atom. The number of piperidine rings is 1. The van der Waals surface area contributed by atoms with Crippen LogP contribution in [0.2, 0.25) is 0 Å². The van der Waals surface area contributed by atoms with Gasteiger partial charge in [-0.15, -0.1) is 0 Å². The summed E-state index contributed by atoms with van der Waals surface area (Å²) < 4.78 is 15.8. The number of nitrogens with one attached hydrogen (secondary N) is 1. The van der Waals surface area contributed by atoms with Crippen molar-refractivity contribution in [3.8, 4) is 6.07 Å². The number of carbonyl (C=O) groups is 1. The Hall–Kier alpha value is -3.57. The lowest BCUT2D eigenvalue weighted by molar-refractivity contribution is 0.0882. The van der Waals surface area contributed by atoms with Crippen molar-refractivity contribution in [2.24, 2.45) is 0 Å². The molecule has 2 aliphatic rings. The first-order valence-corrected chi connectivity index (χ1v) is 12.6. The Morgan fingerprint density at radius 3 is 2.67 bits per heavy atom. The maximum absolute atomic E-state index is 14.3. The second-order valence-electron chi connectivity index (χ2n) is 9.91. The molecule has 3 aromatic rings. The summed E-state index contributed by atoms with van der Waals surface area (Å²) in [7, 11) is 0. The van der Waals surface area contributed by atoms with Crippen LogP contribution in [-0.4, -0.2) is 45.5 Å². The van der Waals surface area contributed by atoms with Gasteiger partial charge in [-0.1, -0.05) is 25.0 Å². The predicted molar refractivity (Wildman–Crippen MR) is 134 cm³/mol. The molecule has 7 nitrogen and oxygen atoms in total. The van der Waals surface area contributed by atoms with Crippen LogP contribution in [-0.2, 0) is 12.0 Å². The lowest BCUT2D eigenvalue weighted by atomic mass is 9.76. The SMILES string of the molecule is N#CC1(c2ccccn2)CCN(Cc2cc(C(=O)N[C@@H]3CCCC[C@H]3F)c(=O)n3ccccc23)CC1. The number of aromatic nitrogens is 2. The topological polar surface area (TPSA) is 90.5 Å². The van der Waals surface area contributed by atoms with Crippen LogP contribution in [0.3, 0.4) is 0 Å². The molecule has 2 atom stereocenters. The van der Waals surface area contributed by atoms with Crippen LogP contribution in [0.5, 0.6) is 0 Å². The van der Waals surface area contributed by atoms with Gasteiger partial charge in [0.25, 0.3) is 11.5 Å². The quantitative estimate of drug-likeness (QED) is 0.592. The molecule has 1 aliphatic carbocycles. The second-order valence-corrected chi connectivity index (χ2v) is 9.91. The van der Waals surface area contributed by atoms with Crippen LogP contribution in [0.25, 0.3) is 5.52 Å². The maximum Gasteiger partial charge on any atom is 0.267 e. The van der Waals surface area contributed by atoms with Gasteiger partial charge < -0.3 is 5.32 Å². The Balaban J connectivity index is 1.39. The minimum absolute atomic E-state index is 0.0309. The Kier molecular flexibility index (Phi) is 6.84. The van der Waals surface area contributed by atoms with Crippen molar-refractivity contribution >= 4 is 11.4 Å². The molecule has 0 spiro atoms. The van der Waals surface area contributed by atoms with Crippen molar-refractivity contribution in [3.05, 3.63) is 82.0 Å². The summed E-state index contributed by atoms with van der Waals surface area (Å²) in [6, 6.07) is 14.8. The molecule has 0 aromatic carbocycles. The number of fused-ring (bicyclic) bond motifs is 1. The Bertz CT molecular complexity index is 1340. The highest BCUT2D eigenvalue weighted by Gasteiger charge is 2.38. The summed E-state index contributed by atoms with van der Waals surface area (Å²) >= 11 is 0. The first kappa shape index (κ1) is 24.1. The Labute approximate surface area is 209 Å². The predicted octanol–water partition coefficient (Wildman–Crippen LogP) is 3.76. The lowest BCUT2D eigenvalue weighted by Crippen LogP contribution is -2.45. The molecular weight excluding hydrogens is 457 g/mol. The number of amides is 1. The van der Waals surface area contributed by atoms with Crippen molar-refractivity contribution in [1.29, 1.82) is 5.26 Å². The van der Waals surface area contributed by atoms with E-state index in [4.69, 9.17) is 0 Å². The summed E-state index contributed by atoms with van der Waals surface area (Å²) in [4.78, 5) is 33.0. The largest absolute Gasteiger partial charge is 0.346 e. The molecule has 1 amide bonds. The first-order chi connectivity index (χ1) is 17.5. The van der Waals surface area contributed by atoms with E-state index in [-0.39, 0.29) is 5.56 Å². The summed E-state index contributed by atoms with van der Waals surface area (Å²) in [6.45, 7) is 1.91. The molecule has 3 aromatic heterocycles. The highest BCUT2D eigenvalue weighted by molar-refractivity contribution is 5.94. The Morgan fingerprint density at radius 1 is 1.17 bits per heavy atom. The van der Waals surface area contributed by atoms with Crippen molar-refractivity contribution in [2.75, 3.05) is 13.1 Å². The molecule has 0 bridgehead atoms. The van der Waals surface area contributed by atoms with Gasteiger partial charge in [0.05, 0.1) is 23.3 Å². The van der Waals surface area contributed by atoms with Crippen molar-refractivity contribution in [3.63, 3.8) is 0 Å². The van der Waals surface area contributed by atoms with E-state index in [0.717, 1.165) is 29.6 Å². The summed E-state index contributed by atoms with van der Waals surface area (Å²) in [5, 5.41) is 12.7. The zero-order valence-corrected chi connectivity index (χ0v) is 20.2. The van der Waals surface area contributed by atoms with Crippen molar-refractivity contribution < 1.29 is 9.18 Å². The third-order valence-corrected chi connectivity index (χ3v) is 7.67. The summed E-state index contributed by atoms with van der Waals surface area (Å²) in [5.74, 6) is -0.522. The van der Waals surface area contributed by atoms with E-state index >= 15 is 0 Å². The van der Waals surface area contributed by atoms with Crippen molar-refractivity contribution in [1.82, 2.24) is 19.6 Å². The molecule has 1 N–H and O–H groups in total. The molecular formula is C28H30FN5O2. The van der Waals surface area contributed by atoms with Gasteiger partial charge in [-0.25, -0.2) is 4.39 Å². The van der Waals surface area contributed by atoms with E-state index < -0.39 is 29.1 Å². The van der Waals surface area contributed by atoms with Crippen LogP contribution in [0.4, 0.5) is 4.39 Å². The van der Waals surface area contributed by atoms with Crippen LogP contribution in [0.1, 0.15) is 60.1 Å². The van der Waals surface area contributed by atoms with Crippen LogP contribution >= 0.6 is 0 Å². The fraction of sp³-hybridized carbons (Fsp3) is 0.429. The average Bonchev–Trinajstić information content (AvgIpc) is 2.92. The number of likely N-dealkylation sites (tertiary alicyclic amines) is 1. The first-order valence-electron chi connectivity index (χ1n) is 12.6. The number of carbonyl (C=O) groups excluding carboxylic acids is 1. The maximum atomic E-state index is 14.3. The van der Waals surface area contributed by atoms with E-state index in [1.807, 2.05) is 30.3 Å². The highest BCUT2D eigenvalue weighted by atomic mass is 19.1. The molecule has 1 saturated heterocycles. The van der Waals surface area contributed by atoms with Gasteiger partial charge in [0.2, 0.25) is 0 Å². The second kappa shape index (κ2) is 10.2. The third kappa shape index (κ3) is 4.63. The average molecular weight is 488 g/mol. The molecule has 2 fully saturated rings. The molecule has 4 heterocycles. The van der Waals surface area contributed by atoms with E-state index in [1.54, 1.807) is 24.5 Å². The van der Waals surface area contributed by atoms with Crippen molar-refractivity contribution in [2.45, 2.75) is 62.7 Å². The van der Waals surface area contributed by atoms with E-state index in [1.165, 1.54) is 4.40 Å². The number of alkyl halides is 1. The standard InChI is InChI=1S/C28H30FN5O2/c29-22-7-1-2-8-23(22)32-26(35)21-17-20(24-9-4-6-14-34(24)27(21)36)18-33-15-11-28(19-30,12-16-33)25-10-3-5-13-31-25/h3-6,9-10,13-14,17,22-23H,1-2,7-8,11-12,15-16,18H2,(H,32,35)/t22-,23-/m1/s1. The third-order valence-electron chi connectivity index (χ3n) is 7.67. The van der Waals surface area contributed by atoms with Gasteiger partial charge in [-0.05, 0) is 61.6 Å². The monoisotopic (exact) mass is 487 g/mol. The normalized spacial score (nSPS) is 22.1. The van der Waals surface area contributed by atoms with Gasteiger partial charge in [0.1, 0.15) is 17.2 Å². The number of rotatable bonds is 5. The van der Waals surface area contributed by atoms with E-state index in [0.29, 0.717) is 45.3 Å². The number of halogens is 1. The number of hydrogen-bond donors (Lipinski definition) is 1. The van der Waals surface area contributed by atoms with Gasteiger partial charge in [-0.2, -0.15) is 5.26 Å². The van der Waals surface area contributed by atoms with Gasteiger partial charge in [0, 0.05) is 32.0 Å². The van der Waals surface area contributed by atoms with E-state index in [9.17, 15) is 19.2 Å². The van der Waals surface area contributed by atoms with Crippen LogP contribution in [0, 0.1) is 11.3 Å². The number of nitriles is 1. The number of pyridine rings is 3. The van der Waals surface area contributed by atoms with Gasteiger partial charge in [0.15, 0.2) is 0 Å². The molecule has 0 unspecified atom stereocenters. The smallest absolute Gasteiger partial charge is 0.267 e. The fourth-order valence-corrected chi connectivity index (χ4v) is 5.51. The number of hydrogen-bond acceptors (Lipinski definition) is 5. The summed E-state index contributed by atoms with van der Waals surface area (Å²) in [5.41, 5.74) is 1.40. The lowest BCUT2D eigenvalue weighted by Gasteiger charge is -2.37. The zero-order valence-electron chi connectivity index (χ0n) is 20.2. The van der Waals surface area contributed by atoms with Crippen LogP contribution in [0.15, 0.2) is 59.7 Å². The fourth-order valence-electron chi connectivity index (χ4n) is 5.51. The minimum atomic E-state index is -1.08. The summed E-state index contributed by atoms with van der Waals surface area (Å²) in [6.07, 6.45) is 6.30. The van der Waals surface area contributed by atoms with Gasteiger partial charge >= 0.3 is 0 Å². The molecule has 186 valence electrons.